The maximum absolute atomic E-state index is 11.7. The van der Waals surface area contributed by atoms with Crippen molar-refractivity contribution in [2.45, 2.75) is 30.4 Å². The number of methoxy groups -OCH3 is 1. The van der Waals surface area contributed by atoms with Gasteiger partial charge in [-0.3, -0.25) is 9.59 Å². The first-order valence-corrected chi connectivity index (χ1v) is 6.51. The van der Waals surface area contributed by atoms with Gasteiger partial charge in [0.2, 0.25) is 0 Å². The molecule has 0 aliphatic carbocycles. The normalized spacial score (nSPS) is 54.4. The lowest BCUT2D eigenvalue weighted by molar-refractivity contribution is -0.327. The quantitative estimate of drug-likeness (QED) is 0.382. The van der Waals surface area contributed by atoms with Gasteiger partial charge in [-0.25, -0.2) is 0 Å². The van der Waals surface area contributed by atoms with Crippen molar-refractivity contribution < 1.29 is 33.3 Å². The highest BCUT2D eigenvalue weighted by Crippen LogP contribution is 2.54. The van der Waals surface area contributed by atoms with Gasteiger partial charge in [0.15, 0.2) is 0 Å². The molecular weight excluding hydrogens is 280 g/mol. The van der Waals surface area contributed by atoms with Crippen LogP contribution >= 0.6 is 11.6 Å². The second-order valence-electron chi connectivity index (χ2n) is 5.04. The summed E-state index contributed by atoms with van der Waals surface area (Å²) in [7, 11) is 1.42. The smallest absolute Gasteiger partial charge is 0.320 e. The zero-order chi connectivity index (χ0) is 13.4. The SMILES string of the molecule is COC1(CCl)OC2C3O[C@@H](C4C(=O)OC(=O)C34)[C@H]2O1. The second kappa shape index (κ2) is 3.67. The first kappa shape index (κ1) is 12.0. The lowest BCUT2D eigenvalue weighted by Gasteiger charge is -2.25. The molecule has 2 bridgehead atoms. The maximum Gasteiger partial charge on any atom is 0.320 e. The Morgan fingerprint density at radius 1 is 1.11 bits per heavy atom. The molecule has 5 unspecified atom stereocenters. The highest BCUT2D eigenvalue weighted by molar-refractivity contribution is 6.18. The highest BCUT2D eigenvalue weighted by atomic mass is 35.5. The minimum absolute atomic E-state index is 0.0103. The summed E-state index contributed by atoms with van der Waals surface area (Å²) in [6.07, 6.45) is -2.02. The van der Waals surface area contributed by atoms with Crippen molar-refractivity contribution in [1.82, 2.24) is 0 Å². The summed E-state index contributed by atoms with van der Waals surface area (Å²) in [6, 6.07) is 0. The van der Waals surface area contributed by atoms with Crippen molar-refractivity contribution >= 4 is 23.5 Å². The highest BCUT2D eigenvalue weighted by Gasteiger charge is 2.73. The molecule has 8 heteroatoms. The zero-order valence-electron chi connectivity index (χ0n) is 9.91. The fourth-order valence-corrected chi connectivity index (χ4v) is 3.65. The number of esters is 2. The van der Waals surface area contributed by atoms with E-state index in [-0.39, 0.29) is 5.88 Å². The molecule has 7 nitrogen and oxygen atoms in total. The summed E-state index contributed by atoms with van der Waals surface area (Å²) in [6.45, 7) is 0. The zero-order valence-corrected chi connectivity index (χ0v) is 10.7. The fourth-order valence-electron chi connectivity index (χ4n) is 3.42. The molecule has 0 saturated carbocycles. The van der Waals surface area contributed by atoms with E-state index in [1.165, 1.54) is 7.11 Å². The first-order valence-electron chi connectivity index (χ1n) is 5.98. The number of rotatable bonds is 2. The van der Waals surface area contributed by atoms with Crippen LogP contribution in [0.15, 0.2) is 0 Å². The Labute approximate surface area is 113 Å². The van der Waals surface area contributed by atoms with Crippen molar-refractivity contribution in [3.63, 3.8) is 0 Å². The Morgan fingerprint density at radius 2 is 1.63 bits per heavy atom. The molecule has 0 N–H and O–H groups in total. The van der Waals surface area contributed by atoms with Gasteiger partial charge in [0.1, 0.15) is 42.1 Å². The van der Waals surface area contributed by atoms with Crippen LogP contribution in [0.1, 0.15) is 0 Å². The Kier molecular flexibility index (Phi) is 2.33. The van der Waals surface area contributed by atoms with E-state index in [0.717, 1.165) is 0 Å². The lowest BCUT2D eigenvalue weighted by atomic mass is 9.78. The molecule has 4 saturated heterocycles. The van der Waals surface area contributed by atoms with E-state index >= 15 is 0 Å². The second-order valence-corrected chi connectivity index (χ2v) is 5.31. The molecule has 0 amide bonds. The van der Waals surface area contributed by atoms with E-state index in [9.17, 15) is 9.59 Å². The molecule has 0 aromatic heterocycles. The van der Waals surface area contributed by atoms with Gasteiger partial charge >= 0.3 is 11.9 Å². The number of halogens is 1. The van der Waals surface area contributed by atoms with Crippen LogP contribution in [0.5, 0.6) is 0 Å². The third-order valence-corrected chi connectivity index (χ3v) is 4.56. The summed E-state index contributed by atoms with van der Waals surface area (Å²) >= 11 is 5.80. The van der Waals surface area contributed by atoms with E-state index in [4.69, 9.17) is 30.5 Å². The van der Waals surface area contributed by atoms with E-state index in [0.29, 0.717) is 0 Å². The average molecular weight is 291 g/mol. The lowest BCUT2D eigenvalue weighted by Crippen LogP contribution is -2.46. The Balaban J connectivity index is 1.67. The van der Waals surface area contributed by atoms with Crippen molar-refractivity contribution in [3.8, 4) is 0 Å². The van der Waals surface area contributed by atoms with Gasteiger partial charge in [0.25, 0.3) is 5.97 Å². The van der Waals surface area contributed by atoms with Crippen LogP contribution in [0.2, 0.25) is 0 Å². The minimum Gasteiger partial charge on any atom is -0.393 e. The van der Waals surface area contributed by atoms with E-state index in [2.05, 4.69) is 4.74 Å². The average Bonchev–Trinajstić information content (AvgIpc) is 3.09. The number of carbonyl (C=O) groups excluding carboxylic acids is 2. The van der Waals surface area contributed by atoms with E-state index < -0.39 is 54.2 Å². The predicted octanol–water partition coefficient (Wildman–Crippen LogP) is -0.594. The van der Waals surface area contributed by atoms with Gasteiger partial charge in [0.05, 0.1) is 0 Å². The molecule has 0 aromatic rings. The molecule has 4 aliphatic rings. The van der Waals surface area contributed by atoms with Gasteiger partial charge in [-0.15, -0.1) is 11.6 Å². The summed E-state index contributed by atoms with van der Waals surface area (Å²) in [5.41, 5.74) is 0. The summed E-state index contributed by atoms with van der Waals surface area (Å²) in [5.74, 6) is -3.65. The maximum atomic E-state index is 11.7. The molecule has 4 fully saturated rings. The van der Waals surface area contributed by atoms with Gasteiger partial charge in [0, 0.05) is 7.11 Å². The third kappa shape index (κ3) is 1.32. The topological polar surface area (TPSA) is 80.3 Å². The van der Waals surface area contributed by atoms with Crippen molar-refractivity contribution in [2.24, 2.45) is 11.8 Å². The molecule has 104 valence electrons. The number of hydrogen-bond acceptors (Lipinski definition) is 7. The van der Waals surface area contributed by atoms with Crippen LogP contribution in [0, 0.1) is 11.8 Å². The molecular formula is C11H11ClO7. The number of hydrogen-bond donors (Lipinski definition) is 0. The number of cyclic esters (lactones) is 2. The number of carbonyl (C=O) groups is 2. The molecule has 4 heterocycles. The molecule has 4 aliphatic heterocycles. The summed E-state index contributed by atoms with van der Waals surface area (Å²) in [4.78, 5) is 23.3. The predicted molar refractivity (Wildman–Crippen MR) is 56.9 cm³/mol. The van der Waals surface area contributed by atoms with Gasteiger partial charge in [-0.1, -0.05) is 0 Å². The molecule has 7 atom stereocenters. The molecule has 0 aromatic carbocycles. The molecule has 0 spiro atoms. The first-order chi connectivity index (χ1) is 9.10. The number of fused-ring (bicyclic) bond motifs is 8. The van der Waals surface area contributed by atoms with Gasteiger partial charge in [-0.05, 0) is 0 Å². The van der Waals surface area contributed by atoms with Crippen LogP contribution < -0.4 is 0 Å². The van der Waals surface area contributed by atoms with E-state index in [1.807, 2.05) is 0 Å². The fraction of sp³-hybridized carbons (Fsp3) is 0.818. The standard InChI is InChI=1S/C11H11ClO7/c1-15-11(2-12)18-7-5-3-4(10(14)17-9(3)13)6(16-5)8(7)19-11/h3-8H,2H2,1H3/t3?,4?,5-,6?,7+,8?,11?/m0/s1. The van der Waals surface area contributed by atoms with Crippen LogP contribution in [0.4, 0.5) is 0 Å². The molecule has 4 rings (SSSR count). The Morgan fingerprint density at radius 3 is 2.05 bits per heavy atom. The van der Waals surface area contributed by atoms with Crippen LogP contribution in [-0.4, -0.2) is 55.3 Å². The number of ether oxygens (including phenoxy) is 5. The monoisotopic (exact) mass is 290 g/mol. The van der Waals surface area contributed by atoms with Crippen LogP contribution in [0.25, 0.3) is 0 Å². The number of alkyl halides is 1. The summed E-state index contributed by atoms with van der Waals surface area (Å²) in [5, 5.41) is 0. The van der Waals surface area contributed by atoms with Crippen LogP contribution in [-0.2, 0) is 33.3 Å². The van der Waals surface area contributed by atoms with Gasteiger partial charge < -0.3 is 23.7 Å². The van der Waals surface area contributed by atoms with E-state index in [1.54, 1.807) is 0 Å². The van der Waals surface area contributed by atoms with Crippen molar-refractivity contribution in [1.29, 1.82) is 0 Å². The third-order valence-electron chi connectivity index (χ3n) is 4.23. The van der Waals surface area contributed by atoms with Gasteiger partial charge in [-0.2, -0.15) is 0 Å². The minimum atomic E-state index is -1.33. The molecule has 19 heavy (non-hydrogen) atoms. The Hall–Kier alpha value is -0.730. The summed E-state index contributed by atoms with van der Waals surface area (Å²) < 4.78 is 26.8. The Bertz CT molecular complexity index is 426. The van der Waals surface area contributed by atoms with Crippen molar-refractivity contribution in [2.75, 3.05) is 13.0 Å². The van der Waals surface area contributed by atoms with Crippen molar-refractivity contribution in [3.05, 3.63) is 0 Å². The largest absolute Gasteiger partial charge is 0.393 e. The molecule has 0 radical (unpaired) electrons. The van der Waals surface area contributed by atoms with Crippen LogP contribution in [0.3, 0.4) is 0 Å².